The Morgan fingerprint density at radius 2 is 2.17 bits per heavy atom. The predicted octanol–water partition coefficient (Wildman–Crippen LogP) is 1.83. The van der Waals surface area contributed by atoms with Gasteiger partial charge in [-0.3, -0.25) is 4.79 Å². The smallest absolute Gasteiger partial charge is 0.242 e. The van der Waals surface area contributed by atoms with Gasteiger partial charge in [-0.1, -0.05) is 40.0 Å². The predicted molar refractivity (Wildman–Crippen MR) is 73.3 cm³/mol. The van der Waals surface area contributed by atoms with Gasteiger partial charge in [-0.15, -0.1) is 0 Å². The summed E-state index contributed by atoms with van der Waals surface area (Å²) in [6.45, 7) is 8.20. The van der Waals surface area contributed by atoms with Gasteiger partial charge in [-0.05, 0) is 18.3 Å². The van der Waals surface area contributed by atoms with E-state index in [0.717, 1.165) is 6.42 Å². The fraction of sp³-hybridized carbons (Fsp3) is 0.929. The van der Waals surface area contributed by atoms with Crippen molar-refractivity contribution in [2.45, 2.75) is 58.4 Å². The standard InChI is InChI=1S/C14H28N2O2/c1-4-5-6-7-13(2,3)10-16-12(17)14(15)8-9-18-11-14/h4-11,15H2,1-3H3,(H,16,17). The molecule has 1 rings (SSSR count). The third kappa shape index (κ3) is 4.58. The van der Waals surface area contributed by atoms with Crippen LogP contribution in [0.15, 0.2) is 0 Å². The van der Waals surface area contributed by atoms with Crippen LogP contribution in [0.1, 0.15) is 52.9 Å². The van der Waals surface area contributed by atoms with Gasteiger partial charge in [0.25, 0.3) is 0 Å². The fourth-order valence-corrected chi connectivity index (χ4v) is 2.20. The van der Waals surface area contributed by atoms with E-state index in [4.69, 9.17) is 10.5 Å². The Bertz CT molecular complexity index is 271. The van der Waals surface area contributed by atoms with Crippen molar-refractivity contribution in [3.05, 3.63) is 0 Å². The monoisotopic (exact) mass is 256 g/mol. The Labute approximate surface area is 111 Å². The Morgan fingerprint density at radius 3 is 2.72 bits per heavy atom. The van der Waals surface area contributed by atoms with Gasteiger partial charge in [0.1, 0.15) is 5.54 Å². The number of amides is 1. The van der Waals surface area contributed by atoms with E-state index in [1.54, 1.807) is 0 Å². The lowest BCUT2D eigenvalue weighted by Crippen LogP contribution is -2.55. The first-order valence-corrected chi connectivity index (χ1v) is 7.05. The van der Waals surface area contributed by atoms with Crippen LogP contribution in [0.4, 0.5) is 0 Å². The van der Waals surface area contributed by atoms with Gasteiger partial charge in [0, 0.05) is 13.2 Å². The van der Waals surface area contributed by atoms with Crippen LogP contribution in [0.5, 0.6) is 0 Å². The molecule has 1 atom stereocenters. The normalized spacial score (nSPS) is 24.2. The number of rotatable bonds is 7. The third-order valence-corrected chi connectivity index (χ3v) is 3.69. The highest BCUT2D eigenvalue weighted by Gasteiger charge is 2.38. The molecule has 0 bridgehead atoms. The first kappa shape index (κ1) is 15.4. The van der Waals surface area contributed by atoms with Gasteiger partial charge < -0.3 is 15.8 Å². The zero-order valence-electron chi connectivity index (χ0n) is 12.1. The van der Waals surface area contributed by atoms with E-state index < -0.39 is 5.54 Å². The molecule has 106 valence electrons. The molecule has 18 heavy (non-hydrogen) atoms. The minimum Gasteiger partial charge on any atom is -0.379 e. The molecule has 3 N–H and O–H groups in total. The van der Waals surface area contributed by atoms with E-state index in [9.17, 15) is 4.79 Å². The Balaban J connectivity index is 2.32. The molecule has 1 amide bonds. The highest BCUT2D eigenvalue weighted by molar-refractivity contribution is 5.86. The lowest BCUT2D eigenvalue weighted by molar-refractivity contribution is -0.126. The molecule has 0 aromatic carbocycles. The molecule has 1 aliphatic rings. The summed E-state index contributed by atoms with van der Waals surface area (Å²) in [6, 6.07) is 0. The molecule has 1 heterocycles. The van der Waals surface area contributed by atoms with Gasteiger partial charge in [-0.2, -0.15) is 0 Å². The molecule has 0 aliphatic carbocycles. The average molecular weight is 256 g/mol. The SMILES string of the molecule is CCCCCC(C)(C)CNC(=O)C1(N)CCOC1. The second kappa shape index (κ2) is 6.53. The highest BCUT2D eigenvalue weighted by atomic mass is 16.5. The summed E-state index contributed by atoms with van der Waals surface area (Å²) in [6.07, 6.45) is 5.46. The Hall–Kier alpha value is -0.610. The van der Waals surface area contributed by atoms with Crippen molar-refractivity contribution in [3.63, 3.8) is 0 Å². The van der Waals surface area contributed by atoms with Crippen molar-refractivity contribution in [1.29, 1.82) is 0 Å². The van der Waals surface area contributed by atoms with Crippen LogP contribution >= 0.6 is 0 Å². The molecular weight excluding hydrogens is 228 g/mol. The molecule has 1 saturated heterocycles. The van der Waals surface area contributed by atoms with E-state index >= 15 is 0 Å². The number of hydrogen-bond acceptors (Lipinski definition) is 3. The van der Waals surface area contributed by atoms with Crippen molar-refractivity contribution in [1.82, 2.24) is 5.32 Å². The highest BCUT2D eigenvalue weighted by Crippen LogP contribution is 2.23. The van der Waals surface area contributed by atoms with Crippen LogP contribution in [0.3, 0.4) is 0 Å². The molecule has 0 saturated carbocycles. The summed E-state index contributed by atoms with van der Waals surface area (Å²) in [5.41, 5.74) is 5.35. The first-order valence-electron chi connectivity index (χ1n) is 7.05. The maximum absolute atomic E-state index is 12.0. The number of carbonyl (C=O) groups is 1. The maximum Gasteiger partial charge on any atom is 0.242 e. The van der Waals surface area contributed by atoms with Crippen LogP contribution in [-0.2, 0) is 9.53 Å². The summed E-state index contributed by atoms with van der Waals surface area (Å²) < 4.78 is 5.21. The van der Waals surface area contributed by atoms with E-state index in [-0.39, 0.29) is 11.3 Å². The van der Waals surface area contributed by atoms with E-state index in [1.165, 1.54) is 19.3 Å². The zero-order chi connectivity index (χ0) is 13.6. The molecular formula is C14H28N2O2. The fourth-order valence-electron chi connectivity index (χ4n) is 2.20. The summed E-state index contributed by atoms with van der Waals surface area (Å²) in [5.74, 6) is -0.0661. The largest absolute Gasteiger partial charge is 0.379 e. The number of ether oxygens (including phenoxy) is 1. The van der Waals surface area contributed by atoms with Crippen LogP contribution in [-0.4, -0.2) is 31.2 Å². The van der Waals surface area contributed by atoms with Crippen molar-refractivity contribution in [2.75, 3.05) is 19.8 Å². The van der Waals surface area contributed by atoms with Crippen molar-refractivity contribution in [2.24, 2.45) is 11.1 Å². The minimum atomic E-state index is -0.806. The number of nitrogens with two attached hydrogens (primary N) is 1. The summed E-state index contributed by atoms with van der Waals surface area (Å²) >= 11 is 0. The van der Waals surface area contributed by atoms with Crippen molar-refractivity contribution in [3.8, 4) is 0 Å². The Kier molecular flexibility index (Phi) is 5.60. The van der Waals surface area contributed by atoms with Gasteiger partial charge in [-0.25, -0.2) is 0 Å². The van der Waals surface area contributed by atoms with Gasteiger partial charge >= 0.3 is 0 Å². The second-order valence-electron chi connectivity index (χ2n) is 6.26. The molecule has 4 heteroatoms. The first-order chi connectivity index (χ1) is 8.40. The molecule has 0 aromatic rings. The number of unbranched alkanes of at least 4 members (excludes halogenated alkanes) is 2. The number of nitrogens with one attached hydrogen (secondary N) is 1. The van der Waals surface area contributed by atoms with Gasteiger partial charge in [0.05, 0.1) is 6.61 Å². The molecule has 1 unspecified atom stereocenters. The Morgan fingerprint density at radius 1 is 1.44 bits per heavy atom. The number of hydrogen-bond donors (Lipinski definition) is 2. The van der Waals surface area contributed by atoms with Crippen LogP contribution in [0.2, 0.25) is 0 Å². The van der Waals surface area contributed by atoms with Crippen LogP contribution in [0, 0.1) is 5.41 Å². The molecule has 0 radical (unpaired) electrons. The van der Waals surface area contributed by atoms with Crippen LogP contribution < -0.4 is 11.1 Å². The van der Waals surface area contributed by atoms with E-state index in [0.29, 0.717) is 26.2 Å². The topological polar surface area (TPSA) is 64.4 Å². The van der Waals surface area contributed by atoms with E-state index in [1.807, 2.05) is 0 Å². The minimum absolute atomic E-state index is 0.0661. The molecule has 4 nitrogen and oxygen atoms in total. The average Bonchev–Trinajstić information content (AvgIpc) is 2.75. The van der Waals surface area contributed by atoms with Crippen molar-refractivity contribution < 1.29 is 9.53 Å². The molecule has 1 aliphatic heterocycles. The quantitative estimate of drug-likeness (QED) is 0.683. The van der Waals surface area contributed by atoms with Crippen molar-refractivity contribution >= 4 is 5.91 Å². The second-order valence-corrected chi connectivity index (χ2v) is 6.26. The molecule has 1 fully saturated rings. The van der Waals surface area contributed by atoms with Crippen LogP contribution in [0.25, 0.3) is 0 Å². The van der Waals surface area contributed by atoms with Gasteiger partial charge in [0.2, 0.25) is 5.91 Å². The summed E-state index contributed by atoms with van der Waals surface area (Å²) in [7, 11) is 0. The van der Waals surface area contributed by atoms with Gasteiger partial charge in [0.15, 0.2) is 0 Å². The van der Waals surface area contributed by atoms with E-state index in [2.05, 4.69) is 26.1 Å². The number of carbonyl (C=O) groups excluding carboxylic acids is 1. The molecule has 0 spiro atoms. The maximum atomic E-state index is 12.0. The lowest BCUT2D eigenvalue weighted by atomic mass is 9.86. The summed E-state index contributed by atoms with van der Waals surface area (Å²) in [4.78, 5) is 12.0. The molecule has 0 aromatic heterocycles. The third-order valence-electron chi connectivity index (χ3n) is 3.69. The summed E-state index contributed by atoms with van der Waals surface area (Å²) in [5, 5.41) is 2.99. The lowest BCUT2D eigenvalue weighted by Gasteiger charge is -2.28. The zero-order valence-corrected chi connectivity index (χ0v) is 12.1.